The van der Waals surface area contributed by atoms with Gasteiger partial charge in [0.2, 0.25) is 5.91 Å². The molecule has 1 aromatic heterocycles. The van der Waals surface area contributed by atoms with Gasteiger partial charge in [-0.05, 0) is 55.8 Å². The first-order valence-corrected chi connectivity index (χ1v) is 10.7. The van der Waals surface area contributed by atoms with Crippen molar-refractivity contribution in [1.82, 2.24) is 15.5 Å². The van der Waals surface area contributed by atoms with Crippen molar-refractivity contribution in [3.63, 3.8) is 0 Å². The maximum atomic E-state index is 11.8. The number of likely N-dealkylation sites (tertiary alicyclic amines) is 1. The molecule has 1 fully saturated rings. The summed E-state index contributed by atoms with van der Waals surface area (Å²) in [5, 5.41) is 9.70. The van der Waals surface area contributed by atoms with E-state index in [2.05, 4.69) is 25.8 Å². The molecule has 3 rings (SSSR count). The highest BCUT2D eigenvalue weighted by Crippen LogP contribution is 2.24. The van der Waals surface area contributed by atoms with Crippen molar-refractivity contribution in [2.75, 3.05) is 32.0 Å². The van der Waals surface area contributed by atoms with Crippen LogP contribution in [0.4, 0.5) is 5.69 Å². The third-order valence-corrected chi connectivity index (χ3v) is 5.35. The number of furan rings is 1. The largest absolute Gasteiger partial charge is 0.468 e. The van der Waals surface area contributed by atoms with E-state index >= 15 is 0 Å². The van der Waals surface area contributed by atoms with Crippen LogP contribution in [0.25, 0.3) is 0 Å². The highest BCUT2D eigenvalue weighted by Gasteiger charge is 2.25. The summed E-state index contributed by atoms with van der Waals surface area (Å²) in [7, 11) is 1.78. The second-order valence-corrected chi connectivity index (χ2v) is 7.92. The third kappa shape index (κ3) is 7.53. The van der Waals surface area contributed by atoms with Crippen molar-refractivity contribution in [3.05, 3.63) is 54.0 Å². The lowest BCUT2D eigenvalue weighted by Gasteiger charge is -2.26. The Bertz CT molecular complexity index is 815. The van der Waals surface area contributed by atoms with Crippen LogP contribution in [0.3, 0.4) is 0 Å². The maximum Gasteiger partial charge on any atom is 0.226 e. The Labute approximate surface area is 202 Å². The molecule has 1 atom stereocenters. The molecule has 1 aliphatic rings. The van der Waals surface area contributed by atoms with Crippen molar-refractivity contribution < 1.29 is 9.21 Å². The molecule has 1 aromatic carbocycles. The summed E-state index contributed by atoms with van der Waals surface area (Å²) < 4.78 is 5.68. The molecule has 7 nitrogen and oxygen atoms in total. The van der Waals surface area contributed by atoms with Gasteiger partial charge in [-0.3, -0.25) is 14.7 Å². The zero-order valence-corrected chi connectivity index (χ0v) is 20.9. The number of nitrogens with zero attached hydrogens (tertiary/aromatic N) is 2. The third-order valence-electron chi connectivity index (χ3n) is 5.35. The van der Waals surface area contributed by atoms with Gasteiger partial charge in [0.05, 0.1) is 12.3 Å². The number of rotatable bonds is 8. The zero-order chi connectivity index (χ0) is 21.3. The first-order chi connectivity index (χ1) is 14.6. The average molecular weight is 539 g/mol. The number of nitrogens with one attached hydrogen (secondary N) is 3. The molecule has 8 heteroatoms. The number of amides is 1. The van der Waals surface area contributed by atoms with Gasteiger partial charge in [0, 0.05) is 31.7 Å². The summed E-state index contributed by atoms with van der Waals surface area (Å²) in [4.78, 5) is 18.6. The van der Waals surface area contributed by atoms with E-state index in [1.807, 2.05) is 50.2 Å². The average Bonchev–Trinajstić information content (AvgIpc) is 3.46. The van der Waals surface area contributed by atoms with E-state index in [-0.39, 0.29) is 41.8 Å². The summed E-state index contributed by atoms with van der Waals surface area (Å²) >= 11 is 0. The Balaban J connectivity index is 0.00000341. The Hall–Kier alpha value is -2.07. The van der Waals surface area contributed by atoms with Gasteiger partial charge in [-0.1, -0.05) is 26.0 Å². The molecule has 1 unspecified atom stereocenters. The van der Waals surface area contributed by atoms with E-state index in [0.717, 1.165) is 42.6 Å². The molecule has 0 bridgehead atoms. The van der Waals surface area contributed by atoms with Gasteiger partial charge in [-0.25, -0.2) is 0 Å². The van der Waals surface area contributed by atoms with E-state index in [0.29, 0.717) is 6.54 Å². The smallest absolute Gasteiger partial charge is 0.226 e. The molecule has 2 heterocycles. The molecule has 3 N–H and O–H groups in total. The lowest BCUT2D eigenvalue weighted by Crippen LogP contribution is -2.42. The van der Waals surface area contributed by atoms with Gasteiger partial charge in [0.1, 0.15) is 5.76 Å². The lowest BCUT2D eigenvalue weighted by atomic mass is 10.1. The lowest BCUT2D eigenvalue weighted by molar-refractivity contribution is -0.118. The van der Waals surface area contributed by atoms with Crippen LogP contribution in [-0.2, 0) is 11.3 Å². The summed E-state index contributed by atoms with van der Waals surface area (Å²) in [5.74, 6) is 1.72. The number of halogens is 1. The van der Waals surface area contributed by atoms with Crippen molar-refractivity contribution in [3.8, 4) is 0 Å². The molecule has 170 valence electrons. The van der Waals surface area contributed by atoms with Crippen molar-refractivity contribution in [1.29, 1.82) is 0 Å². The van der Waals surface area contributed by atoms with Crippen molar-refractivity contribution in [2.45, 2.75) is 39.3 Å². The van der Waals surface area contributed by atoms with Gasteiger partial charge >= 0.3 is 0 Å². The summed E-state index contributed by atoms with van der Waals surface area (Å²) in [6.07, 6.45) is 4.20. The number of carbonyl (C=O) groups excluding carboxylic acids is 1. The fourth-order valence-electron chi connectivity index (χ4n) is 3.54. The van der Waals surface area contributed by atoms with E-state index in [1.165, 1.54) is 12.8 Å². The predicted molar refractivity (Wildman–Crippen MR) is 136 cm³/mol. The summed E-state index contributed by atoms with van der Waals surface area (Å²) in [5.41, 5.74) is 1.93. The standard InChI is InChI=1S/C23H33N5O2.HI/c1-17(2)22(29)27-19-10-8-18(9-11-19)15-25-23(24-3)26-16-20(21-7-6-14-30-21)28-12-4-5-13-28;/h6-11,14,17,20H,4-5,12-13,15-16H2,1-3H3,(H,27,29)(H2,24,25,26);1H. The first-order valence-electron chi connectivity index (χ1n) is 10.7. The van der Waals surface area contributed by atoms with Crippen LogP contribution in [0.15, 0.2) is 52.1 Å². The number of hydrogen-bond donors (Lipinski definition) is 3. The van der Waals surface area contributed by atoms with Gasteiger partial charge < -0.3 is 20.4 Å². The highest BCUT2D eigenvalue weighted by molar-refractivity contribution is 14.0. The molecule has 1 amide bonds. The molecule has 0 radical (unpaired) electrons. The Kier molecular flexibility index (Phi) is 10.3. The van der Waals surface area contributed by atoms with Crippen LogP contribution in [0.5, 0.6) is 0 Å². The maximum absolute atomic E-state index is 11.8. The molecule has 1 saturated heterocycles. The van der Waals surface area contributed by atoms with Gasteiger partial charge in [0.15, 0.2) is 5.96 Å². The normalized spacial score (nSPS) is 15.4. The molecular weight excluding hydrogens is 505 g/mol. The number of aliphatic imine (C=N–C) groups is 1. The van der Waals surface area contributed by atoms with Crippen LogP contribution in [0, 0.1) is 5.92 Å². The van der Waals surface area contributed by atoms with E-state index in [4.69, 9.17) is 4.42 Å². The molecule has 0 spiro atoms. The molecular formula is C23H34IN5O2. The number of anilines is 1. The SMILES string of the molecule is CN=C(NCc1ccc(NC(=O)C(C)C)cc1)NCC(c1ccco1)N1CCCC1.I. The minimum Gasteiger partial charge on any atom is -0.468 e. The molecule has 2 aromatic rings. The second-order valence-electron chi connectivity index (χ2n) is 7.92. The minimum absolute atomic E-state index is 0. The van der Waals surface area contributed by atoms with Crippen LogP contribution >= 0.6 is 24.0 Å². The minimum atomic E-state index is -0.0358. The molecule has 31 heavy (non-hydrogen) atoms. The van der Waals surface area contributed by atoms with Crippen LogP contribution in [-0.4, -0.2) is 43.4 Å². The highest BCUT2D eigenvalue weighted by atomic mass is 127. The number of guanidine groups is 1. The Morgan fingerprint density at radius 3 is 2.42 bits per heavy atom. The van der Waals surface area contributed by atoms with Crippen LogP contribution in [0.1, 0.15) is 44.1 Å². The number of carbonyl (C=O) groups is 1. The van der Waals surface area contributed by atoms with Gasteiger partial charge in [-0.15, -0.1) is 24.0 Å². The first kappa shape index (κ1) is 25.2. The topological polar surface area (TPSA) is 81.9 Å². The van der Waals surface area contributed by atoms with E-state index in [1.54, 1.807) is 13.3 Å². The van der Waals surface area contributed by atoms with Crippen LogP contribution in [0.2, 0.25) is 0 Å². The Morgan fingerprint density at radius 1 is 1.13 bits per heavy atom. The molecule has 1 aliphatic heterocycles. The fourth-order valence-corrected chi connectivity index (χ4v) is 3.54. The van der Waals surface area contributed by atoms with Crippen LogP contribution < -0.4 is 16.0 Å². The number of hydrogen-bond acceptors (Lipinski definition) is 4. The summed E-state index contributed by atoms with van der Waals surface area (Å²) in [6.45, 7) is 7.33. The van der Waals surface area contributed by atoms with Crippen molar-refractivity contribution in [2.24, 2.45) is 10.9 Å². The molecule has 0 saturated carbocycles. The second kappa shape index (κ2) is 12.7. The van der Waals surface area contributed by atoms with E-state index in [9.17, 15) is 4.79 Å². The monoisotopic (exact) mass is 539 g/mol. The quantitative estimate of drug-likeness (QED) is 0.269. The summed E-state index contributed by atoms with van der Waals surface area (Å²) in [6, 6.07) is 12.0. The Morgan fingerprint density at radius 2 is 1.84 bits per heavy atom. The van der Waals surface area contributed by atoms with Crippen molar-refractivity contribution >= 4 is 41.5 Å². The van der Waals surface area contributed by atoms with E-state index < -0.39 is 0 Å². The van der Waals surface area contributed by atoms with Gasteiger partial charge in [0.25, 0.3) is 0 Å². The molecule has 0 aliphatic carbocycles. The van der Waals surface area contributed by atoms with Gasteiger partial charge in [-0.2, -0.15) is 0 Å². The predicted octanol–water partition coefficient (Wildman–Crippen LogP) is 3.99. The number of benzene rings is 1. The zero-order valence-electron chi connectivity index (χ0n) is 18.6. The fraction of sp³-hybridized carbons (Fsp3) is 0.478.